The Bertz CT molecular complexity index is 380. The van der Waals surface area contributed by atoms with Gasteiger partial charge in [-0.1, -0.05) is 0 Å². The van der Waals surface area contributed by atoms with Gasteiger partial charge >= 0.3 is 5.97 Å². The summed E-state index contributed by atoms with van der Waals surface area (Å²) in [5, 5.41) is 8.63. The molecule has 1 aromatic rings. The van der Waals surface area contributed by atoms with Gasteiger partial charge in [-0.2, -0.15) is 0 Å². The summed E-state index contributed by atoms with van der Waals surface area (Å²) in [4.78, 5) is 24.9. The molecule has 0 radical (unpaired) electrons. The van der Waals surface area contributed by atoms with Gasteiger partial charge in [0.25, 0.3) is 0 Å². The Morgan fingerprint density at radius 3 is 3.07 bits per heavy atom. The highest BCUT2D eigenvalue weighted by molar-refractivity contribution is 5.97. The van der Waals surface area contributed by atoms with E-state index in [1.54, 1.807) is 6.20 Å². The fourth-order valence-corrected chi connectivity index (χ4v) is 1.97. The molecular formula is C10H11NO3. The molecule has 4 nitrogen and oxygen atoms in total. The summed E-state index contributed by atoms with van der Waals surface area (Å²) >= 11 is 0. The van der Waals surface area contributed by atoms with Crippen molar-refractivity contribution in [1.82, 2.24) is 4.98 Å². The lowest BCUT2D eigenvalue weighted by Gasteiger charge is -2.19. The van der Waals surface area contributed by atoms with Crippen molar-refractivity contribution in [3.8, 4) is 0 Å². The topological polar surface area (TPSA) is 70.2 Å². The van der Waals surface area contributed by atoms with Crippen LogP contribution in [0.15, 0.2) is 12.3 Å². The minimum atomic E-state index is -0.832. The van der Waals surface area contributed by atoms with Crippen molar-refractivity contribution in [3.05, 3.63) is 23.5 Å². The van der Waals surface area contributed by atoms with Crippen LogP contribution >= 0.6 is 0 Å². The molecule has 74 valence electrons. The average Bonchev–Trinajstić information content (AvgIpc) is 2.50. The molecule has 0 amide bonds. The van der Waals surface area contributed by atoms with Gasteiger partial charge in [0.15, 0.2) is 5.78 Å². The van der Waals surface area contributed by atoms with E-state index in [4.69, 9.17) is 5.11 Å². The van der Waals surface area contributed by atoms with Gasteiger partial charge in [-0.15, -0.1) is 0 Å². The van der Waals surface area contributed by atoms with Crippen LogP contribution in [0.3, 0.4) is 0 Å². The first-order valence-corrected chi connectivity index (χ1v) is 4.58. The molecule has 14 heavy (non-hydrogen) atoms. The number of ketones is 1. The van der Waals surface area contributed by atoms with Crippen molar-refractivity contribution >= 4 is 11.8 Å². The van der Waals surface area contributed by atoms with E-state index >= 15 is 0 Å². The third kappa shape index (κ3) is 1.55. The Morgan fingerprint density at radius 1 is 1.57 bits per heavy atom. The van der Waals surface area contributed by atoms with E-state index in [0.717, 1.165) is 5.56 Å². The summed E-state index contributed by atoms with van der Waals surface area (Å²) in [6.45, 7) is 0. The van der Waals surface area contributed by atoms with Gasteiger partial charge in [0.05, 0.1) is 5.69 Å². The van der Waals surface area contributed by atoms with Gasteiger partial charge in [0.1, 0.15) is 0 Å². The van der Waals surface area contributed by atoms with E-state index in [1.807, 2.05) is 6.07 Å². The minimum Gasteiger partial charge on any atom is -0.481 e. The Balaban J connectivity index is 2.17. The molecule has 1 heterocycles. The monoisotopic (exact) mass is 193 g/mol. The molecule has 1 atom stereocenters. The molecule has 1 unspecified atom stereocenters. The molecule has 0 saturated heterocycles. The van der Waals surface area contributed by atoms with Gasteiger partial charge < -0.3 is 10.1 Å². The molecule has 2 N–H and O–H groups in total. The van der Waals surface area contributed by atoms with Crippen LogP contribution in [0.25, 0.3) is 0 Å². The van der Waals surface area contributed by atoms with Crippen LogP contribution < -0.4 is 0 Å². The number of fused-ring (bicyclic) bond motifs is 1. The molecule has 0 saturated carbocycles. The van der Waals surface area contributed by atoms with Gasteiger partial charge in [-0.3, -0.25) is 9.59 Å². The highest BCUT2D eigenvalue weighted by atomic mass is 16.4. The highest BCUT2D eigenvalue weighted by Gasteiger charge is 2.27. The summed E-state index contributed by atoms with van der Waals surface area (Å²) < 4.78 is 0. The lowest BCUT2D eigenvalue weighted by Crippen LogP contribution is -2.21. The number of aromatic amines is 1. The van der Waals surface area contributed by atoms with E-state index in [9.17, 15) is 9.59 Å². The number of nitrogens with one attached hydrogen (secondary N) is 1. The second kappa shape index (κ2) is 3.29. The summed E-state index contributed by atoms with van der Waals surface area (Å²) in [7, 11) is 0. The van der Waals surface area contributed by atoms with Crippen LogP contribution in [0.4, 0.5) is 0 Å². The van der Waals surface area contributed by atoms with Crippen LogP contribution in [0.2, 0.25) is 0 Å². The largest absolute Gasteiger partial charge is 0.481 e. The van der Waals surface area contributed by atoms with Crippen LogP contribution in [0, 0.1) is 5.92 Å². The maximum Gasteiger partial charge on any atom is 0.303 e. The Morgan fingerprint density at radius 2 is 2.36 bits per heavy atom. The molecule has 0 aliphatic heterocycles. The Kier molecular flexibility index (Phi) is 2.11. The second-order valence-electron chi connectivity index (χ2n) is 3.67. The first kappa shape index (κ1) is 8.99. The van der Waals surface area contributed by atoms with Crippen LogP contribution in [0.1, 0.15) is 28.9 Å². The SMILES string of the molecule is O=C(O)CC1CC(=O)c2[nH]ccc2C1. The number of carbonyl (C=O) groups is 2. The van der Waals surface area contributed by atoms with Crippen molar-refractivity contribution in [3.63, 3.8) is 0 Å². The fourth-order valence-electron chi connectivity index (χ4n) is 1.97. The lowest BCUT2D eigenvalue weighted by atomic mass is 9.85. The zero-order valence-electron chi connectivity index (χ0n) is 7.62. The number of aliphatic carboxylic acids is 1. The minimum absolute atomic E-state index is 0.0301. The van der Waals surface area contributed by atoms with Gasteiger partial charge in [0, 0.05) is 19.0 Å². The molecule has 0 spiro atoms. The quantitative estimate of drug-likeness (QED) is 0.742. The molecule has 0 aromatic carbocycles. The molecule has 2 rings (SSSR count). The number of hydrogen-bond donors (Lipinski definition) is 2. The molecular weight excluding hydrogens is 182 g/mol. The van der Waals surface area contributed by atoms with E-state index < -0.39 is 5.97 Å². The fraction of sp³-hybridized carbons (Fsp3) is 0.400. The van der Waals surface area contributed by atoms with Gasteiger partial charge in [-0.05, 0) is 24.0 Å². The number of Topliss-reactive ketones (excluding diaryl/α,β-unsaturated/α-hetero) is 1. The maximum absolute atomic E-state index is 11.5. The van der Waals surface area contributed by atoms with E-state index in [1.165, 1.54) is 0 Å². The first-order valence-electron chi connectivity index (χ1n) is 4.58. The molecule has 0 bridgehead atoms. The van der Waals surface area contributed by atoms with E-state index in [-0.39, 0.29) is 18.1 Å². The summed E-state index contributed by atoms with van der Waals surface area (Å²) in [5.74, 6) is -0.840. The number of H-pyrrole nitrogens is 1. The van der Waals surface area contributed by atoms with Gasteiger partial charge in [-0.25, -0.2) is 0 Å². The standard InChI is InChI=1S/C10H11NO3/c12-8-4-6(5-9(13)14)3-7-1-2-11-10(7)8/h1-2,6,11H,3-5H2,(H,13,14). The smallest absolute Gasteiger partial charge is 0.303 e. The predicted octanol–water partition coefficient (Wildman–Crippen LogP) is 1.23. The van der Waals surface area contributed by atoms with Crippen LogP contribution in [-0.4, -0.2) is 21.8 Å². The summed E-state index contributed by atoms with van der Waals surface area (Å²) in [6.07, 6.45) is 2.85. The number of carbonyl (C=O) groups excluding carboxylic acids is 1. The second-order valence-corrected chi connectivity index (χ2v) is 3.67. The zero-order valence-corrected chi connectivity index (χ0v) is 7.62. The van der Waals surface area contributed by atoms with Crippen molar-refractivity contribution in [2.45, 2.75) is 19.3 Å². The lowest BCUT2D eigenvalue weighted by molar-refractivity contribution is -0.138. The van der Waals surface area contributed by atoms with Crippen LogP contribution in [0.5, 0.6) is 0 Å². The number of rotatable bonds is 2. The third-order valence-corrected chi connectivity index (χ3v) is 2.56. The van der Waals surface area contributed by atoms with E-state index in [2.05, 4.69) is 4.98 Å². The molecule has 4 heteroatoms. The third-order valence-electron chi connectivity index (χ3n) is 2.56. The van der Waals surface area contributed by atoms with Crippen LogP contribution in [-0.2, 0) is 11.2 Å². The summed E-state index contributed by atoms with van der Waals surface area (Å²) in [5.41, 5.74) is 1.61. The van der Waals surface area contributed by atoms with E-state index in [0.29, 0.717) is 18.5 Å². The average molecular weight is 193 g/mol. The van der Waals surface area contributed by atoms with Crippen molar-refractivity contribution < 1.29 is 14.7 Å². The Hall–Kier alpha value is -1.58. The van der Waals surface area contributed by atoms with Crippen molar-refractivity contribution in [1.29, 1.82) is 0 Å². The van der Waals surface area contributed by atoms with Crippen molar-refractivity contribution in [2.75, 3.05) is 0 Å². The Labute approximate surface area is 80.9 Å². The molecule has 1 aliphatic carbocycles. The number of hydrogen-bond acceptors (Lipinski definition) is 2. The first-order chi connectivity index (χ1) is 6.66. The normalized spacial score (nSPS) is 20.6. The predicted molar refractivity (Wildman–Crippen MR) is 49.2 cm³/mol. The highest BCUT2D eigenvalue weighted by Crippen LogP contribution is 2.26. The summed E-state index contributed by atoms with van der Waals surface area (Å²) in [6, 6.07) is 1.85. The molecule has 0 fully saturated rings. The molecule has 1 aliphatic rings. The number of carboxylic acids is 1. The zero-order chi connectivity index (χ0) is 10.1. The van der Waals surface area contributed by atoms with Crippen molar-refractivity contribution in [2.24, 2.45) is 5.92 Å². The number of aromatic nitrogens is 1. The van der Waals surface area contributed by atoms with Gasteiger partial charge in [0.2, 0.25) is 0 Å². The molecule has 1 aromatic heterocycles. The maximum atomic E-state index is 11.5. The number of carboxylic acid groups (broad SMARTS) is 1.